The molecule has 1 aliphatic heterocycles. The van der Waals surface area contributed by atoms with E-state index in [9.17, 15) is 4.79 Å². The van der Waals surface area contributed by atoms with Crippen LogP contribution >= 0.6 is 0 Å². The molecule has 0 radical (unpaired) electrons. The molecule has 1 aromatic carbocycles. The third-order valence-corrected chi connectivity index (χ3v) is 2.93. The van der Waals surface area contributed by atoms with Crippen molar-refractivity contribution in [2.45, 2.75) is 12.3 Å². The molecule has 82 valence electrons. The van der Waals surface area contributed by atoms with E-state index in [1.807, 2.05) is 18.2 Å². The quantitative estimate of drug-likeness (QED) is 0.667. The maximum absolute atomic E-state index is 11.1. The van der Waals surface area contributed by atoms with Gasteiger partial charge in [-0.05, 0) is 18.1 Å². The number of para-hydroxylation sites is 1. The number of aromatic amines is 2. The molecule has 1 atom stereocenters. The van der Waals surface area contributed by atoms with Crippen LogP contribution in [0.2, 0.25) is 0 Å². The van der Waals surface area contributed by atoms with E-state index in [0.29, 0.717) is 0 Å². The van der Waals surface area contributed by atoms with Gasteiger partial charge in [0.05, 0.1) is 0 Å². The smallest absolute Gasteiger partial charge is 0.340 e. The Hall–Kier alpha value is -2.04. The van der Waals surface area contributed by atoms with Crippen LogP contribution in [0.5, 0.6) is 0 Å². The fraction of sp³-hybridized carbons (Fsp3) is 0.273. The molecule has 0 bridgehead atoms. The predicted molar refractivity (Wildman–Crippen MR) is 60.6 cm³/mol. The molecule has 1 aromatic heterocycles. The fourth-order valence-corrected chi connectivity index (χ4v) is 2.20. The Morgan fingerprint density at radius 2 is 2.19 bits per heavy atom. The second-order valence-corrected chi connectivity index (χ2v) is 3.92. The third kappa shape index (κ3) is 1.41. The zero-order valence-corrected chi connectivity index (χ0v) is 8.66. The van der Waals surface area contributed by atoms with E-state index < -0.39 is 0 Å². The Bertz CT molecular complexity index is 557. The lowest BCUT2D eigenvalue weighted by atomic mass is 9.90. The molecule has 0 fully saturated rings. The van der Waals surface area contributed by atoms with Crippen LogP contribution in [0.4, 0.5) is 5.69 Å². The van der Waals surface area contributed by atoms with Gasteiger partial charge in [0.1, 0.15) is 5.82 Å². The zero-order valence-electron chi connectivity index (χ0n) is 8.66. The molecule has 1 aliphatic rings. The number of H-pyrrole nitrogens is 2. The van der Waals surface area contributed by atoms with Gasteiger partial charge in [-0.15, -0.1) is 0 Å². The average Bonchev–Trinajstić information content (AvgIpc) is 2.75. The van der Waals surface area contributed by atoms with Crippen molar-refractivity contribution in [3.05, 3.63) is 46.1 Å². The second kappa shape index (κ2) is 3.52. The number of nitrogens with one attached hydrogen (secondary N) is 3. The Balaban J connectivity index is 2.08. The Labute approximate surface area is 91.9 Å². The van der Waals surface area contributed by atoms with Crippen molar-refractivity contribution in [1.82, 2.24) is 15.2 Å². The fourth-order valence-electron chi connectivity index (χ4n) is 2.20. The number of nitrogens with zero attached hydrogens (tertiary/aromatic N) is 1. The summed E-state index contributed by atoms with van der Waals surface area (Å²) in [6.45, 7) is 0.899. The summed E-state index contributed by atoms with van der Waals surface area (Å²) in [5.41, 5.74) is 2.07. The maximum atomic E-state index is 11.1. The molecule has 0 amide bonds. The number of hydrogen-bond donors (Lipinski definition) is 3. The molecule has 0 aliphatic carbocycles. The highest BCUT2D eigenvalue weighted by molar-refractivity contribution is 5.56. The minimum absolute atomic E-state index is 0.177. The molecule has 2 heterocycles. The predicted octanol–water partition coefficient (Wildman–Crippen LogP) is 1.05. The van der Waals surface area contributed by atoms with Crippen LogP contribution in [0.1, 0.15) is 23.7 Å². The molecule has 3 N–H and O–H groups in total. The monoisotopic (exact) mass is 216 g/mol. The van der Waals surface area contributed by atoms with Crippen LogP contribution < -0.4 is 11.0 Å². The molecule has 16 heavy (non-hydrogen) atoms. The molecule has 2 aromatic rings. The van der Waals surface area contributed by atoms with Crippen LogP contribution in [-0.2, 0) is 0 Å². The van der Waals surface area contributed by atoms with Crippen LogP contribution in [0, 0.1) is 0 Å². The van der Waals surface area contributed by atoms with Gasteiger partial charge in [0.15, 0.2) is 0 Å². The number of rotatable bonds is 1. The molecular weight excluding hydrogens is 204 g/mol. The summed E-state index contributed by atoms with van der Waals surface area (Å²) in [5.74, 6) is 0.898. The van der Waals surface area contributed by atoms with Gasteiger partial charge in [-0.3, -0.25) is 4.98 Å². The van der Waals surface area contributed by atoms with E-state index >= 15 is 0 Å². The summed E-state index contributed by atoms with van der Waals surface area (Å²) in [7, 11) is 0. The van der Waals surface area contributed by atoms with Gasteiger partial charge < -0.3 is 5.32 Å². The summed E-state index contributed by atoms with van der Waals surface area (Å²) < 4.78 is 0. The third-order valence-electron chi connectivity index (χ3n) is 2.93. The molecule has 5 nitrogen and oxygen atoms in total. The van der Waals surface area contributed by atoms with Crippen molar-refractivity contribution in [2.24, 2.45) is 0 Å². The number of anilines is 1. The summed E-state index contributed by atoms with van der Waals surface area (Å²) >= 11 is 0. The molecule has 0 saturated carbocycles. The van der Waals surface area contributed by atoms with Gasteiger partial charge in [0.2, 0.25) is 0 Å². The minimum Gasteiger partial charge on any atom is -0.385 e. The van der Waals surface area contributed by atoms with Crippen LogP contribution in [0.3, 0.4) is 0 Å². The molecular formula is C11H12N4O. The first kappa shape index (κ1) is 9.21. The van der Waals surface area contributed by atoms with Crippen LogP contribution in [0.25, 0.3) is 0 Å². The molecule has 3 rings (SSSR count). The lowest BCUT2D eigenvalue weighted by Gasteiger charge is -2.24. The van der Waals surface area contributed by atoms with Gasteiger partial charge in [0.25, 0.3) is 0 Å². The average molecular weight is 216 g/mol. The van der Waals surface area contributed by atoms with Crippen molar-refractivity contribution in [3.8, 4) is 0 Å². The number of aromatic nitrogens is 3. The lowest BCUT2D eigenvalue weighted by molar-refractivity contribution is 0.678. The van der Waals surface area contributed by atoms with E-state index in [1.165, 1.54) is 5.56 Å². The van der Waals surface area contributed by atoms with Crippen molar-refractivity contribution >= 4 is 5.69 Å². The Kier molecular flexibility index (Phi) is 2.02. The van der Waals surface area contributed by atoms with Crippen molar-refractivity contribution in [3.63, 3.8) is 0 Å². The highest BCUT2D eigenvalue weighted by Crippen LogP contribution is 2.33. The summed E-state index contributed by atoms with van der Waals surface area (Å²) in [6, 6.07) is 8.12. The lowest BCUT2D eigenvalue weighted by Crippen LogP contribution is -2.18. The topological polar surface area (TPSA) is 73.6 Å². The first-order valence-electron chi connectivity index (χ1n) is 5.32. The highest BCUT2D eigenvalue weighted by atomic mass is 16.1. The standard InChI is InChI=1S/C11H12N4O/c16-11-13-10(14-15-11)8-5-6-12-9-4-2-1-3-7(8)9/h1-4,8,12H,5-6H2,(H2,13,14,15,16). The molecule has 1 unspecified atom stereocenters. The Morgan fingerprint density at radius 3 is 3.00 bits per heavy atom. The molecule has 0 saturated heterocycles. The van der Waals surface area contributed by atoms with E-state index in [2.05, 4.69) is 26.6 Å². The highest BCUT2D eigenvalue weighted by Gasteiger charge is 2.23. The zero-order chi connectivity index (χ0) is 11.0. The van der Waals surface area contributed by atoms with Gasteiger partial charge >= 0.3 is 5.69 Å². The van der Waals surface area contributed by atoms with E-state index in [0.717, 1.165) is 24.5 Å². The second-order valence-electron chi connectivity index (χ2n) is 3.92. The van der Waals surface area contributed by atoms with E-state index in [4.69, 9.17) is 0 Å². The molecule has 5 heteroatoms. The van der Waals surface area contributed by atoms with Gasteiger partial charge in [-0.1, -0.05) is 18.2 Å². The first-order valence-corrected chi connectivity index (χ1v) is 5.32. The van der Waals surface area contributed by atoms with Crippen LogP contribution in [0.15, 0.2) is 29.1 Å². The first-order chi connectivity index (χ1) is 7.84. The van der Waals surface area contributed by atoms with Crippen molar-refractivity contribution < 1.29 is 0 Å². The summed E-state index contributed by atoms with van der Waals surface area (Å²) in [4.78, 5) is 13.8. The largest absolute Gasteiger partial charge is 0.385 e. The number of fused-ring (bicyclic) bond motifs is 1. The minimum atomic E-state index is -0.244. The molecule has 0 spiro atoms. The van der Waals surface area contributed by atoms with Crippen molar-refractivity contribution in [2.75, 3.05) is 11.9 Å². The van der Waals surface area contributed by atoms with Gasteiger partial charge in [0, 0.05) is 18.2 Å². The van der Waals surface area contributed by atoms with Crippen LogP contribution in [-0.4, -0.2) is 21.7 Å². The summed E-state index contributed by atoms with van der Waals surface area (Å²) in [5, 5.41) is 9.77. The van der Waals surface area contributed by atoms with Crippen molar-refractivity contribution in [1.29, 1.82) is 0 Å². The number of benzene rings is 1. The SMILES string of the molecule is O=c1[nH]nc(C2CCNc3ccccc32)[nH]1. The number of hydrogen-bond acceptors (Lipinski definition) is 3. The van der Waals surface area contributed by atoms with E-state index in [1.54, 1.807) is 0 Å². The summed E-state index contributed by atoms with van der Waals surface area (Å²) in [6.07, 6.45) is 0.942. The van der Waals surface area contributed by atoms with Gasteiger partial charge in [-0.2, -0.15) is 5.10 Å². The maximum Gasteiger partial charge on any atom is 0.340 e. The van der Waals surface area contributed by atoms with Gasteiger partial charge in [-0.25, -0.2) is 9.89 Å². The van der Waals surface area contributed by atoms with E-state index in [-0.39, 0.29) is 11.6 Å². The Morgan fingerprint density at radius 1 is 1.31 bits per heavy atom. The normalized spacial score (nSPS) is 18.9.